The smallest absolute Gasteiger partial charge is 0.265 e. The number of para-hydroxylation sites is 1. The zero-order valence-electron chi connectivity index (χ0n) is 12.4. The minimum absolute atomic E-state index is 0.143. The van der Waals surface area contributed by atoms with E-state index in [2.05, 4.69) is 5.32 Å². The molecule has 5 heteroatoms. The Morgan fingerprint density at radius 1 is 0.955 bits per heavy atom. The first kappa shape index (κ1) is 16.5. The van der Waals surface area contributed by atoms with Gasteiger partial charge in [-0.2, -0.15) is 8.42 Å². The van der Waals surface area contributed by atoms with Crippen LogP contribution in [-0.2, 0) is 16.5 Å². The van der Waals surface area contributed by atoms with Crippen molar-refractivity contribution < 1.29 is 13.0 Å². The average Bonchev–Trinajstić information content (AvgIpc) is 2.51. The van der Waals surface area contributed by atoms with Gasteiger partial charge in [-0.15, -0.1) is 0 Å². The number of hydrogen-bond acceptors (Lipinski definition) is 3. The molecule has 0 saturated carbocycles. The van der Waals surface area contributed by atoms with E-state index in [0.29, 0.717) is 13.0 Å². The fourth-order valence-electron chi connectivity index (χ4n) is 2.38. The van der Waals surface area contributed by atoms with Gasteiger partial charge < -0.3 is 5.32 Å². The van der Waals surface area contributed by atoms with Crippen molar-refractivity contribution in [3.05, 3.63) is 66.2 Å². The molecule has 4 nitrogen and oxygen atoms in total. The Bertz CT molecular complexity index is 613. The number of aryl methyl sites for hydroxylation is 1. The molecule has 2 aromatic carbocycles. The molecule has 0 bridgehead atoms. The summed E-state index contributed by atoms with van der Waals surface area (Å²) in [6.45, 7) is 0.511. The molecule has 22 heavy (non-hydrogen) atoms. The highest BCUT2D eigenvalue weighted by atomic mass is 32.2. The zero-order chi connectivity index (χ0) is 15.8. The molecule has 0 heterocycles. The highest BCUT2D eigenvalue weighted by Gasteiger charge is 2.17. The Morgan fingerprint density at radius 2 is 1.55 bits per heavy atom. The van der Waals surface area contributed by atoms with E-state index in [-0.39, 0.29) is 11.7 Å². The molecule has 1 unspecified atom stereocenters. The first-order valence-electron chi connectivity index (χ1n) is 7.31. The van der Waals surface area contributed by atoms with Gasteiger partial charge in [-0.3, -0.25) is 4.55 Å². The monoisotopic (exact) mass is 319 g/mol. The number of benzene rings is 2. The van der Waals surface area contributed by atoms with Gasteiger partial charge >= 0.3 is 0 Å². The van der Waals surface area contributed by atoms with Crippen LogP contribution in [0.3, 0.4) is 0 Å². The molecule has 118 valence electrons. The van der Waals surface area contributed by atoms with Crippen molar-refractivity contribution in [1.82, 2.24) is 0 Å². The summed E-state index contributed by atoms with van der Waals surface area (Å²) < 4.78 is 31.5. The minimum Gasteiger partial charge on any atom is -0.385 e. The summed E-state index contributed by atoms with van der Waals surface area (Å²) in [6.07, 6.45) is 1.49. The van der Waals surface area contributed by atoms with Gasteiger partial charge in [-0.05, 0) is 36.5 Å². The van der Waals surface area contributed by atoms with Crippen LogP contribution in [0.2, 0.25) is 0 Å². The van der Waals surface area contributed by atoms with E-state index in [1.807, 2.05) is 60.7 Å². The van der Waals surface area contributed by atoms with E-state index in [4.69, 9.17) is 4.55 Å². The Balaban J connectivity index is 1.93. The second-order valence-corrected chi connectivity index (χ2v) is 6.88. The van der Waals surface area contributed by atoms with E-state index in [1.54, 1.807) is 0 Å². The maximum atomic E-state index is 11.2. The molecule has 0 spiro atoms. The fraction of sp³-hybridized carbons (Fsp3) is 0.294. The lowest BCUT2D eigenvalue weighted by Crippen LogP contribution is -2.23. The Labute approximate surface area is 131 Å². The van der Waals surface area contributed by atoms with E-state index in [9.17, 15) is 8.42 Å². The summed E-state index contributed by atoms with van der Waals surface area (Å²) in [7, 11) is -3.97. The van der Waals surface area contributed by atoms with Gasteiger partial charge in [0, 0.05) is 12.2 Å². The van der Waals surface area contributed by atoms with E-state index in [1.165, 1.54) is 5.56 Å². The van der Waals surface area contributed by atoms with Gasteiger partial charge in [-0.1, -0.05) is 48.5 Å². The van der Waals surface area contributed by atoms with Crippen molar-refractivity contribution in [1.29, 1.82) is 0 Å². The van der Waals surface area contributed by atoms with Gasteiger partial charge in [0.25, 0.3) is 10.1 Å². The number of hydrogen-bond donors (Lipinski definition) is 2. The van der Waals surface area contributed by atoms with Crippen molar-refractivity contribution in [2.75, 3.05) is 17.6 Å². The predicted molar refractivity (Wildman–Crippen MR) is 89.6 cm³/mol. The summed E-state index contributed by atoms with van der Waals surface area (Å²) in [5.74, 6) is -0.366. The standard InChI is InChI=1S/C17H21NO3S/c19-22(20,21)14-16(12-11-15-7-3-1-4-8-15)13-18-17-9-5-2-6-10-17/h1-10,16,18H,11-14H2,(H,19,20,21). The highest BCUT2D eigenvalue weighted by Crippen LogP contribution is 2.14. The normalized spacial score (nSPS) is 12.8. The van der Waals surface area contributed by atoms with Gasteiger partial charge in [0.05, 0.1) is 5.75 Å². The van der Waals surface area contributed by atoms with Crippen LogP contribution >= 0.6 is 0 Å². The van der Waals surface area contributed by atoms with Crippen LogP contribution in [0.15, 0.2) is 60.7 Å². The average molecular weight is 319 g/mol. The molecule has 1 atom stereocenters. The van der Waals surface area contributed by atoms with Crippen molar-refractivity contribution in [3.63, 3.8) is 0 Å². The van der Waals surface area contributed by atoms with Crippen LogP contribution in [0, 0.1) is 5.92 Å². The molecule has 0 aliphatic rings. The Morgan fingerprint density at radius 3 is 2.14 bits per heavy atom. The SMILES string of the molecule is O=S(=O)(O)CC(CCc1ccccc1)CNc1ccccc1. The number of rotatable bonds is 8. The van der Waals surface area contributed by atoms with E-state index in [0.717, 1.165) is 12.1 Å². The lowest BCUT2D eigenvalue weighted by molar-refractivity contribution is 0.459. The molecule has 2 rings (SSSR count). The third-order valence-corrected chi connectivity index (χ3v) is 4.39. The zero-order valence-corrected chi connectivity index (χ0v) is 13.2. The van der Waals surface area contributed by atoms with Gasteiger partial charge in [-0.25, -0.2) is 0 Å². The van der Waals surface area contributed by atoms with Gasteiger partial charge in [0.1, 0.15) is 0 Å². The molecule has 0 aliphatic carbocycles. The summed E-state index contributed by atoms with van der Waals surface area (Å²) >= 11 is 0. The van der Waals surface area contributed by atoms with Crippen LogP contribution in [0.25, 0.3) is 0 Å². The molecular weight excluding hydrogens is 298 g/mol. The van der Waals surface area contributed by atoms with E-state index >= 15 is 0 Å². The second kappa shape index (κ2) is 7.96. The molecule has 0 amide bonds. The minimum atomic E-state index is -3.97. The van der Waals surface area contributed by atoms with Crippen LogP contribution < -0.4 is 5.32 Å². The first-order chi connectivity index (χ1) is 10.5. The summed E-state index contributed by atoms with van der Waals surface area (Å²) in [4.78, 5) is 0. The van der Waals surface area contributed by atoms with Crippen LogP contribution in [-0.4, -0.2) is 25.3 Å². The highest BCUT2D eigenvalue weighted by molar-refractivity contribution is 7.85. The molecule has 0 aliphatic heterocycles. The predicted octanol–water partition coefficient (Wildman–Crippen LogP) is 3.24. The topological polar surface area (TPSA) is 66.4 Å². The summed E-state index contributed by atoms with van der Waals surface area (Å²) in [5.41, 5.74) is 2.12. The quantitative estimate of drug-likeness (QED) is 0.733. The molecule has 2 aromatic rings. The Hall–Kier alpha value is -1.85. The van der Waals surface area contributed by atoms with Crippen LogP contribution in [0.5, 0.6) is 0 Å². The third kappa shape index (κ3) is 6.28. The molecule has 2 N–H and O–H groups in total. The van der Waals surface area contributed by atoms with E-state index < -0.39 is 10.1 Å². The van der Waals surface area contributed by atoms with Crippen molar-refractivity contribution >= 4 is 15.8 Å². The summed E-state index contributed by atoms with van der Waals surface area (Å²) in [5, 5.41) is 3.23. The fourth-order valence-corrected chi connectivity index (χ4v) is 3.26. The molecule has 0 radical (unpaired) electrons. The van der Waals surface area contributed by atoms with Crippen LogP contribution in [0.1, 0.15) is 12.0 Å². The first-order valence-corrected chi connectivity index (χ1v) is 8.92. The molecule has 0 fully saturated rings. The van der Waals surface area contributed by atoms with Crippen LogP contribution in [0.4, 0.5) is 5.69 Å². The van der Waals surface area contributed by atoms with Crippen molar-refractivity contribution in [2.45, 2.75) is 12.8 Å². The van der Waals surface area contributed by atoms with Crippen molar-refractivity contribution in [2.24, 2.45) is 5.92 Å². The largest absolute Gasteiger partial charge is 0.385 e. The van der Waals surface area contributed by atoms with Gasteiger partial charge in [0.2, 0.25) is 0 Å². The lowest BCUT2D eigenvalue weighted by atomic mass is 10.0. The van der Waals surface area contributed by atoms with Gasteiger partial charge in [0.15, 0.2) is 0 Å². The number of nitrogens with one attached hydrogen (secondary N) is 1. The Kier molecular flexibility index (Phi) is 5.98. The molecule has 0 saturated heterocycles. The lowest BCUT2D eigenvalue weighted by Gasteiger charge is -2.17. The molecule has 0 aromatic heterocycles. The third-order valence-electron chi connectivity index (χ3n) is 3.50. The maximum Gasteiger partial charge on any atom is 0.265 e. The number of anilines is 1. The van der Waals surface area contributed by atoms with Crippen molar-refractivity contribution in [3.8, 4) is 0 Å². The summed E-state index contributed by atoms with van der Waals surface area (Å²) in [6, 6.07) is 19.6. The second-order valence-electron chi connectivity index (χ2n) is 5.39. The maximum absolute atomic E-state index is 11.2. The molecular formula is C17H21NO3S.